The zero-order chi connectivity index (χ0) is 18.0. The topological polar surface area (TPSA) is 38.2 Å². The number of ether oxygens (including phenoxy) is 1. The van der Waals surface area contributed by atoms with E-state index in [2.05, 4.69) is 14.9 Å². The van der Waals surface area contributed by atoms with Gasteiger partial charge >= 0.3 is 6.18 Å². The van der Waals surface area contributed by atoms with Crippen molar-refractivity contribution in [2.45, 2.75) is 26.4 Å². The highest BCUT2D eigenvalue weighted by Gasteiger charge is 2.34. The molecule has 134 valence electrons. The van der Waals surface area contributed by atoms with E-state index in [4.69, 9.17) is 4.74 Å². The third-order valence-electron chi connectivity index (χ3n) is 4.21. The summed E-state index contributed by atoms with van der Waals surface area (Å²) in [6.45, 7) is 5.54. The van der Waals surface area contributed by atoms with Gasteiger partial charge in [0.1, 0.15) is 5.75 Å². The van der Waals surface area contributed by atoms with E-state index in [0.717, 1.165) is 30.4 Å². The highest BCUT2D eigenvalue weighted by Crippen LogP contribution is 2.36. The van der Waals surface area contributed by atoms with Crippen molar-refractivity contribution in [1.29, 1.82) is 0 Å². The fourth-order valence-corrected chi connectivity index (χ4v) is 3.03. The molecule has 1 fully saturated rings. The second-order valence-electron chi connectivity index (χ2n) is 6.36. The Morgan fingerprint density at radius 2 is 1.84 bits per heavy atom. The van der Waals surface area contributed by atoms with Gasteiger partial charge in [0.2, 0.25) is 5.95 Å². The Kier molecular flexibility index (Phi) is 4.83. The van der Waals surface area contributed by atoms with E-state index in [1.54, 1.807) is 6.07 Å². The molecule has 4 nitrogen and oxygen atoms in total. The van der Waals surface area contributed by atoms with Gasteiger partial charge in [0, 0.05) is 30.4 Å². The molecule has 0 N–H and O–H groups in total. The number of aryl methyl sites for hydroxylation is 2. The molecule has 2 aromatic rings. The molecule has 25 heavy (non-hydrogen) atoms. The molecule has 0 bridgehead atoms. The second-order valence-corrected chi connectivity index (χ2v) is 6.36. The lowest BCUT2D eigenvalue weighted by Gasteiger charge is -2.18. The van der Waals surface area contributed by atoms with Crippen LogP contribution in [0.5, 0.6) is 5.75 Å². The first-order chi connectivity index (χ1) is 11.8. The summed E-state index contributed by atoms with van der Waals surface area (Å²) in [5.41, 5.74) is 1.07. The average molecular weight is 351 g/mol. The van der Waals surface area contributed by atoms with Crippen molar-refractivity contribution >= 4 is 5.95 Å². The van der Waals surface area contributed by atoms with Gasteiger partial charge in [-0.15, -0.1) is 0 Å². The fraction of sp³-hybridized carbons (Fsp3) is 0.444. The van der Waals surface area contributed by atoms with E-state index in [0.29, 0.717) is 12.5 Å². The molecule has 0 amide bonds. The molecule has 1 aliphatic rings. The minimum atomic E-state index is -4.41. The largest absolute Gasteiger partial charge is 0.493 e. The molecule has 1 atom stereocenters. The predicted molar refractivity (Wildman–Crippen MR) is 88.8 cm³/mol. The molecule has 0 saturated carbocycles. The van der Waals surface area contributed by atoms with Crippen LogP contribution in [0.4, 0.5) is 19.1 Å². The van der Waals surface area contributed by atoms with Crippen LogP contribution in [0.3, 0.4) is 0 Å². The van der Waals surface area contributed by atoms with Gasteiger partial charge in [-0.05, 0) is 38.5 Å². The number of anilines is 1. The lowest BCUT2D eigenvalue weighted by atomic mass is 10.1. The van der Waals surface area contributed by atoms with Gasteiger partial charge in [-0.1, -0.05) is 12.1 Å². The predicted octanol–water partition coefficient (Wildman–Crippen LogP) is 4.02. The van der Waals surface area contributed by atoms with Crippen LogP contribution >= 0.6 is 0 Å². The molecule has 7 heteroatoms. The first-order valence-electron chi connectivity index (χ1n) is 8.19. The zero-order valence-electron chi connectivity index (χ0n) is 14.2. The average Bonchev–Trinajstić information content (AvgIpc) is 3.00. The van der Waals surface area contributed by atoms with Crippen LogP contribution in [0, 0.1) is 19.8 Å². The first kappa shape index (κ1) is 17.5. The number of hydrogen-bond donors (Lipinski definition) is 0. The summed E-state index contributed by atoms with van der Waals surface area (Å²) in [6.07, 6.45) is -3.57. The van der Waals surface area contributed by atoms with Crippen LogP contribution < -0.4 is 9.64 Å². The Morgan fingerprint density at radius 3 is 2.52 bits per heavy atom. The summed E-state index contributed by atoms with van der Waals surface area (Å²) in [4.78, 5) is 10.9. The molecule has 1 unspecified atom stereocenters. The Labute approximate surface area is 144 Å². The Balaban J connectivity index is 1.63. The smallest absolute Gasteiger partial charge is 0.419 e. The lowest BCUT2D eigenvalue weighted by molar-refractivity contribution is -0.139. The van der Waals surface area contributed by atoms with Crippen LogP contribution in [0.2, 0.25) is 0 Å². The van der Waals surface area contributed by atoms with Gasteiger partial charge in [-0.25, -0.2) is 9.97 Å². The summed E-state index contributed by atoms with van der Waals surface area (Å²) in [5, 5.41) is 0. The van der Waals surface area contributed by atoms with Crippen molar-refractivity contribution < 1.29 is 17.9 Å². The Hall–Kier alpha value is -2.31. The van der Waals surface area contributed by atoms with Gasteiger partial charge in [-0.2, -0.15) is 13.2 Å². The van der Waals surface area contributed by atoms with Gasteiger partial charge in [-0.3, -0.25) is 0 Å². The number of aromatic nitrogens is 2. The van der Waals surface area contributed by atoms with Crippen LogP contribution in [0.25, 0.3) is 0 Å². The van der Waals surface area contributed by atoms with Crippen molar-refractivity contribution in [3.8, 4) is 5.75 Å². The van der Waals surface area contributed by atoms with Crippen molar-refractivity contribution in [2.75, 3.05) is 24.6 Å². The molecule has 1 aromatic carbocycles. The molecule has 0 spiro atoms. The standard InChI is InChI=1S/C18H20F3N3O/c1-12-9-13(2)23-17(22-12)24-8-7-14(10-24)11-25-16-6-4-3-5-15(16)18(19,20)21/h3-6,9,14H,7-8,10-11H2,1-2H3. The lowest BCUT2D eigenvalue weighted by Crippen LogP contribution is -2.24. The zero-order valence-corrected chi connectivity index (χ0v) is 14.2. The number of para-hydroxylation sites is 1. The minimum Gasteiger partial charge on any atom is -0.493 e. The van der Waals surface area contributed by atoms with Gasteiger partial charge in [0.25, 0.3) is 0 Å². The quantitative estimate of drug-likeness (QED) is 0.834. The number of halogens is 3. The normalized spacial score (nSPS) is 17.8. The summed E-state index contributed by atoms with van der Waals surface area (Å²) < 4.78 is 44.5. The molecular weight excluding hydrogens is 331 g/mol. The Bertz CT molecular complexity index is 728. The number of hydrogen-bond acceptors (Lipinski definition) is 4. The summed E-state index contributed by atoms with van der Waals surface area (Å²) in [6, 6.07) is 7.23. The minimum absolute atomic E-state index is 0.115. The summed E-state index contributed by atoms with van der Waals surface area (Å²) in [5.74, 6) is 0.706. The van der Waals surface area contributed by atoms with E-state index in [9.17, 15) is 13.2 Å². The van der Waals surface area contributed by atoms with Crippen LogP contribution in [-0.4, -0.2) is 29.7 Å². The maximum Gasteiger partial charge on any atom is 0.419 e. The van der Waals surface area contributed by atoms with Gasteiger partial charge in [0.15, 0.2) is 0 Å². The highest BCUT2D eigenvalue weighted by molar-refractivity contribution is 5.36. The van der Waals surface area contributed by atoms with Crippen LogP contribution in [-0.2, 0) is 6.18 Å². The molecular formula is C18H20F3N3O. The van der Waals surface area contributed by atoms with Crippen molar-refractivity contribution in [3.05, 3.63) is 47.3 Å². The first-order valence-corrected chi connectivity index (χ1v) is 8.19. The Morgan fingerprint density at radius 1 is 1.16 bits per heavy atom. The third-order valence-corrected chi connectivity index (χ3v) is 4.21. The van der Waals surface area contributed by atoms with Crippen molar-refractivity contribution in [2.24, 2.45) is 5.92 Å². The molecule has 1 aromatic heterocycles. The second kappa shape index (κ2) is 6.90. The van der Waals surface area contributed by atoms with E-state index in [-0.39, 0.29) is 18.3 Å². The van der Waals surface area contributed by atoms with E-state index in [1.807, 2.05) is 19.9 Å². The van der Waals surface area contributed by atoms with E-state index in [1.165, 1.54) is 12.1 Å². The summed E-state index contributed by atoms with van der Waals surface area (Å²) in [7, 11) is 0. The number of alkyl halides is 3. The molecule has 3 rings (SSSR count). The maximum absolute atomic E-state index is 13.0. The fourth-order valence-electron chi connectivity index (χ4n) is 3.03. The molecule has 1 saturated heterocycles. The van der Waals surface area contributed by atoms with Crippen LogP contribution in [0.1, 0.15) is 23.4 Å². The van der Waals surface area contributed by atoms with Crippen LogP contribution in [0.15, 0.2) is 30.3 Å². The van der Waals surface area contributed by atoms with E-state index < -0.39 is 11.7 Å². The number of benzene rings is 1. The van der Waals surface area contributed by atoms with Gasteiger partial charge in [0.05, 0.1) is 12.2 Å². The molecule has 0 aliphatic carbocycles. The summed E-state index contributed by atoms with van der Waals surface area (Å²) >= 11 is 0. The monoisotopic (exact) mass is 351 g/mol. The SMILES string of the molecule is Cc1cc(C)nc(N2CCC(COc3ccccc3C(F)(F)F)C2)n1. The van der Waals surface area contributed by atoms with Gasteiger partial charge < -0.3 is 9.64 Å². The molecule has 0 radical (unpaired) electrons. The third kappa shape index (κ3) is 4.21. The number of rotatable bonds is 4. The molecule has 2 heterocycles. The van der Waals surface area contributed by atoms with Crippen molar-refractivity contribution in [1.82, 2.24) is 9.97 Å². The maximum atomic E-state index is 13.0. The molecule has 1 aliphatic heterocycles. The van der Waals surface area contributed by atoms with E-state index >= 15 is 0 Å². The number of nitrogens with zero attached hydrogens (tertiary/aromatic N) is 3. The van der Waals surface area contributed by atoms with Crippen molar-refractivity contribution in [3.63, 3.8) is 0 Å². The highest BCUT2D eigenvalue weighted by atomic mass is 19.4.